The first-order valence-corrected chi connectivity index (χ1v) is 7.86. The number of halogens is 1. The highest BCUT2D eigenvalue weighted by atomic mass is 35.5. The highest BCUT2D eigenvalue weighted by Gasteiger charge is 2.20. The summed E-state index contributed by atoms with van der Waals surface area (Å²) >= 11 is 5.78. The topological polar surface area (TPSA) is 108 Å². The fourth-order valence-electron chi connectivity index (χ4n) is 2.11. The van der Waals surface area contributed by atoms with E-state index in [-0.39, 0.29) is 17.5 Å². The first kappa shape index (κ1) is 17.6. The standard InChI is InChI=1S/C17H12ClN3O5/c1-10(25-17(22)12-2-6-13(18)7-3-12)15-19-20-16(26-15)11-4-8-14(9-5-11)21(23)24/h2-10H,1H3. The molecule has 1 atom stereocenters. The van der Waals surface area contributed by atoms with Crippen molar-refractivity contribution in [3.63, 3.8) is 0 Å². The number of rotatable bonds is 5. The number of carbonyl (C=O) groups excluding carboxylic acids is 1. The Balaban J connectivity index is 1.71. The molecule has 2 aromatic carbocycles. The lowest BCUT2D eigenvalue weighted by molar-refractivity contribution is -0.384. The number of nitrogens with zero attached hydrogens (tertiary/aromatic N) is 3. The number of nitro benzene ring substituents is 1. The second kappa shape index (κ2) is 7.32. The van der Waals surface area contributed by atoms with E-state index >= 15 is 0 Å². The van der Waals surface area contributed by atoms with Gasteiger partial charge in [0.15, 0.2) is 6.10 Å². The van der Waals surface area contributed by atoms with E-state index in [1.54, 1.807) is 31.2 Å². The molecule has 0 fully saturated rings. The Labute approximate surface area is 152 Å². The number of ether oxygens (including phenoxy) is 1. The molecule has 0 N–H and O–H groups in total. The smallest absolute Gasteiger partial charge is 0.338 e. The molecule has 0 aliphatic rings. The number of carbonyl (C=O) groups is 1. The van der Waals surface area contributed by atoms with Crippen LogP contribution in [0.2, 0.25) is 5.02 Å². The molecular weight excluding hydrogens is 362 g/mol. The second-order valence-electron chi connectivity index (χ2n) is 5.30. The lowest BCUT2D eigenvalue weighted by Crippen LogP contribution is -2.09. The molecule has 0 radical (unpaired) electrons. The molecule has 0 aliphatic carbocycles. The number of aromatic nitrogens is 2. The lowest BCUT2D eigenvalue weighted by Gasteiger charge is -2.09. The second-order valence-corrected chi connectivity index (χ2v) is 5.74. The molecule has 26 heavy (non-hydrogen) atoms. The van der Waals surface area contributed by atoms with Gasteiger partial charge in [-0.1, -0.05) is 11.6 Å². The average molecular weight is 374 g/mol. The number of esters is 1. The Morgan fingerprint density at radius 1 is 1.15 bits per heavy atom. The van der Waals surface area contributed by atoms with E-state index in [2.05, 4.69) is 10.2 Å². The van der Waals surface area contributed by atoms with Crippen LogP contribution in [-0.4, -0.2) is 21.1 Å². The molecule has 1 aromatic heterocycles. The third kappa shape index (κ3) is 3.86. The van der Waals surface area contributed by atoms with Gasteiger partial charge in [0.05, 0.1) is 10.5 Å². The molecule has 1 heterocycles. The zero-order valence-corrected chi connectivity index (χ0v) is 14.2. The van der Waals surface area contributed by atoms with Gasteiger partial charge in [-0.2, -0.15) is 0 Å². The van der Waals surface area contributed by atoms with Gasteiger partial charge in [0.1, 0.15) is 0 Å². The van der Waals surface area contributed by atoms with Crippen LogP contribution in [0, 0.1) is 10.1 Å². The number of benzene rings is 2. The minimum absolute atomic E-state index is 0.0428. The Kier molecular flexibility index (Phi) is 4.94. The van der Waals surface area contributed by atoms with E-state index in [0.717, 1.165) is 0 Å². The summed E-state index contributed by atoms with van der Waals surface area (Å²) in [5, 5.41) is 18.9. The zero-order valence-electron chi connectivity index (χ0n) is 13.5. The van der Waals surface area contributed by atoms with Gasteiger partial charge >= 0.3 is 5.97 Å². The third-order valence-corrected chi connectivity index (χ3v) is 3.73. The molecule has 0 bridgehead atoms. The number of hydrogen-bond acceptors (Lipinski definition) is 7. The van der Waals surface area contributed by atoms with E-state index in [1.807, 2.05) is 0 Å². The minimum atomic E-state index is -0.766. The SMILES string of the molecule is CC(OC(=O)c1ccc(Cl)cc1)c1nnc(-c2ccc([N+](=O)[O-])cc2)o1. The van der Waals surface area contributed by atoms with Crippen LogP contribution in [0.4, 0.5) is 5.69 Å². The van der Waals surface area contributed by atoms with Crippen LogP contribution in [0.3, 0.4) is 0 Å². The Bertz CT molecular complexity index is 938. The third-order valence-electron chi connectivity index (χ3n) is 3.48. The van der Waals surface area contributed by atoms with Crippen LogP contribution in [0.15, 0.2) is 52.9 Å². The minimum Gasteiger partial charge on any atom is -0.449 e. The van der Waals surface area contributed by atoms with Crippen LogP contribution in [0.25, 0.3) is 11.5 Å². The summed E-state index contributed by atoms with van der Waals surface area (Å²) in [7, 11) is 0. The van der Waals surface area contributed by atoms with Gasteiger partial charge in [-0.05, 0) is 43.3 Å². The molecule has 0 amide bonds. The van der Waals surface area contributed by atoms with Crippen molar-refractivity contribution in [1.29, 1.82) is 0 Å². The number of nitro groups is 1. The van der Waals surface area contributed by atoms with Crippen molar-refractivity contribution >= 4 is 23.3 Å². The van der Waals surface area contributed by atoms with Gasteiger partial charge in [-0.15, -0.1) is 10.2 Å². The Hall–Kier alpha value is -3.26. The zero-order chi connectivity index (χ0) is 18.7. The maximum Gasteiger partial charge on any atom is 0.338 e. The first-order valence-electron chi connectivity index (χ1n) is 7.49. The maximum atomic E-state index is 12.1. The van der Waals surface area contributed by atoms with Crippen molar-refractivity contribution in [3.05, 3.63) is 75.1 Å². The van der Waals surface area contributed by atoms with E-state index < -0.39 is 17.0 Å². The van der Waals surface area contributed by atoms with E-state index in [0.29, 0.717) is 16.1 Å². The molecular formula is C17H12ClN3O5. The van der Waals surface area contributed by atoms with Crippen LogP contribution >= 0.6 is 11.6 Å². The summed E-state index contributed by atoms with van der Waals surface area (Å²) in [6.07, 6.45) is -0.766. The molecule has 0 saturated carbocycles. The van der Waals surface area contributed by atoms with Crippen LogP contribution in [0.5, 0.6) is 0 Å². The predicted molar refractivity (Wildman–Crippen MR) is 91.7 cm³/mol. The molecule has 3 rings (SSSR count). The molecule has 0 aliphatic heterocycles. The van der Waals surface area contributed by atoms with Crippen molar-refractivity contribution in [3.8, 4) is 11.5 Å². The van der Waals surface area contributed by atoms with Gasteiger partial charge < -0.3 is 9.15 Å². The van der Waals surface area contributed by atoms with Crippen LogP contribution < -0.4 is 0 Å². The van der Waals surface area contributed by atoms with Gasteiger partial charge in [0.2, 0.25) is 5.89 Å². The Morgan fingerprint density at radius 3 is 2.42 bits per heavy atom. The maximum absolute atomic E-state index is 12.1. The van der Waals surface area contributed by atoms with Crippen molar-refractivity contribution in [2.75, 3.05) is 0 Å². The molecule has 8 nitrogen and oxygen atoms in total. The van der Waals surface area contributed by atoms with Gasteiger partial charge in [-0.25, -0.2) is 4.79 Å². The molecule has 0 spiro atoms. The summed E-state index contributed by atoms with van der Waals surface area (Å²) in [5.74, 6) is -0.269. The molecule has 132 valence electrons. The Morgan fingerprint density at radius 2 is 1.81 bits per heavy atom. The normalized spacial score (nSPS) is 11.8. The summed E-state index contributed by atoms with van der Waals surface area (Å²) in [6, 6.07) is 11.9. The summed E-state index contributed by atoms with van der Waals surface area (Å²) in [5.41, 5.74) is 0.820. The van der Waals surface area contributed by atoms with E-state index in [9.17, 15) is 14.9 Å². The highest BCUT2D eigenvalue weighted by Crippen LogP contribution is 2.25. The molecule has 0 saturated heterocycles. The fourth-order valence-corrected chi connectivity index (χ4v) is 2.23. The first-order chi connectivity index (χ1) is 12.4. The van der Waals surface area contributed by atoms with E-state index in [4.69, 9.17) is 20.8 Å². The monoisotopic (exact) mass is 373 g/mol. The van der Waals surface area contributed by atoms with Crippen molar-refractivity contribution < 1.29 is 18.9 Å². The fraction of sp³-hybridized carbons (Fsp3) is 0.118. The summed E-state index contributed by atoms with van der Waals surface area (Å²) in [4.78, 5) is 22.3. The summed E-state index contributed by atoms with van der Waals surface area (Å²) in [6.45, 7) is 1.60. The number of hydrogen-bond donors (Lipinski definition) is 0. The largest absolute Gasteiger partial charge is 0.449 e. The lowest BCUT2D eigenvalue weighted by atomic mass is 10.2. The van der Waals surface area contributed by atoms with Crippen LogP contribution in [0.1, 0.15) is 29.3 Å². The van der Waals surface area contributed by atoms with Gasteiger partial charge in [0.25, 0.3) is 11.6 Å². The number of non-ortho nitro benzene ring substituents is 1. The average Bonchev–Trinajstić information content (AvgIpc) is 3.12. The highest BCUT2D eigenvalue weighted by molar-refractivity contribution is 6.30. The van der Waals surface area contributed by atoms with Crippen molar-refractivity contribution in [1.82, 2.24) is 10.2 Å². The van der Waals surface area contributed by atoms with Gasteiger partial charge in [0, 0.05) is 22.7 Å². The molecule has 3 aromatic rings. The quantitative estimate of drug-likeness (QED) is 0.374. The molecule has 1 unspecified atom stereocenters. The molecule has 9 heteroatoms. The van der Waals surface area contributed by atoms with E-state index in [1.165, 1.54) is 24.3 Å². The summed E-state index contributed by atoms with van der Waals surface area (Å²) < 4.78 is 10.8. The van der Waals surface area contributed by atoms with Crippen molar-refractivity contribution in [2.45, 2.75) is 13.0 Å². The van der Waals surface area contributed by atoms with Crippen LogP contribution in [-0.2, 0) is 4.74 Å². The predicted octanol–water partition coefficient (Wildman–Crippen LogP) is 4.22. The van der Waals surface area contributed by atoms with Crippen molar-refractivity contribution in [2.24, 2.45) is 0 Å². The van der Waals surface area contributed by atoms with Gasteiger partial charge in [-0.3, -0.25) is 10.1 Å².